The lowest BCUT2D eigenvalue weighted by molar-refractivity contribution is 0.216. The van der Waals surface area contributed by atoms with Gasteiger partial charge >= 0.3 is 0 Å². The van der Waals surface area contributed by atoms with Gasteiger partial charge in [0.15, 0.2) is 0 Å². The minimum atomic E-state index is 0.196. The minimum absolute atomic E-state index is 0.196. The number of hydrogen-bond acceptors (Lipinski definition) is 2. The first kappa shape index (κ1) is 18.0. The van der Waals surface area contributed by atoms with E-state index in [1.165, 1.54) is 12.0 Å². The molecule has 0 bridgehead atoms. The number of rotatable bonds is 9. The molecule has 0 aromatic heterocycles. The van der Waals surface area contributed by atoms with Crippen LogP contribution in [0.4, 0.5) is 0 Å². The maximum absolute atomic E-state index is 5.96. The molecule has 0 radical (unpaired) electrons. The van der Waals surface area contributed by atoms with Crippen LogP contribution in [0.1, 0.15) is 59.9 Å². The van der Waals surface area contributed by atoms with E-state index in [0.29, 0.717) is 0 Å². The number of benzene rings is 1. The molecule has 0 saturated heterocycles. The number of nitrogens with one attached hydrogen (secondary N) is 1. The van der Waals surface area contributed by atoms with Crippen molar-refractivity contribution in [2.75, 3.05) is 13.1 Å². The zero-order chi connectivity index (χ0) is 15.9. The van der Waals surface area contributed by atoms with Crippen LogP contribution < -0.4 is 10.1 Å². The maximum Gasteiger partial charge on any atom is 0.119 e. The van der Waals surface area contributed by atoms with Gasteiger partial charge in [0.05, 0.1) is 0 Å². The lowest BCUT2D eigenvalue weighted by atomic mass is 9.82. The van der Waals surface area contributed by atoms with Gasteiger partial charge in [-0.25, -0.2) is 0 Å². The third kappa shape index (κ3) is 6.52. The molecule has 2 heteroatoms. The average Bonchev–Trinajstić information content (AvgIpc) is 2.44. The zero-order valence-corrected chi connectivity index (χ0v) is 14.7. The second-order valence-corrected chi connectivity index (χ2v) is 7.08. The summed E-state index contributed by atoms with van der Waals surface area (Å²) in [5.41, 5.74) is 1.61. The molecule has 120 valence electrons. The van der Waals surface area contributed by atoms with Crippen molar-refractivity contribution in [2.24, 2.45) is 5.92 Å². The Hall–Kier alpha value is -1.02. The largest absolute Gasteiger partial charge is 0.489 e. The fraction of sp³-hybridized carbons (Fsp3) is 0.684. The third-order valence-electron chi connectivity index (χ3n) is 4.19. The van der Waals surface area contributed by atoms with Gasteiger partial charge in [0.2, 0.25) is 0 Å². The first-order chi connectivity index (χ1) is 9.85. The van der Waals surface area contributed by atoms with Gasteiger partial charge in [0, 0.05) is 6.54 Å². The Bertz CT molecular complexity index is 395. The standard InChI is InChI=1S/C19H33NO/c1-7-19(5,6)17-8-10-18(11-9-17)21-16(4)14-20-13-12-15(2)3/h8-11,15-16,20H,7,12-14H2,1-6H3. The topological polar surface area (TPSA) is 21.3 Å². The summed E-state index contributed by atoms with van der Waals surface area (Å²) in [6.07, 6.45) is 2.55. The van der Waals surface area contributed by atoms with E-state index in [0.717, 1.165) is 31.2 Å². The molecule has 1 aromatic carbocycles. The molecule has 1 rings (SSSR count). The summed E-state index contributed by atoms with van der Waals surface area (Å²) in [6, 6.07) is 8.57. The lowest BCUT2D eigenvalue weighted by Gasteiger charge is -2.24. The minimum Gasteiger partial charge on any atom is -0.489 e. The highest BCUT2D eigenvalue weighted by atomic mass is 16.5. The molecule has 2 nitrogen and oxygen atoms in total. The summed E-state index contributed by atoms with van der Waals surface area (Å²) in [5, 5.41) is 3.46. The number of ether oxygens (including phenoxy) is 1. The summed E-state index contributed by atoms with van der Waals surface area (Å²) in [6.45, 7) is 15.4. The van der Waals surface area contributed by atoms with Crippen LogP contribution in [0.15, 0.2) is 24.3 Å². The molecule has 0 heterocycles. The summed E-state index contributed by atoms with van der Waals surface area (Å²) in [5.74, 6) is 1.71. The summed E-state index contributed by atoms with van der Waals surface area (Å²) < 4.78 is 5.96. The molecule has 0 saturated carbocycles. The first-order valence-corrected chi connectivity index (χ1v) is 8.33. The molecule has 21 heavy (non-hydrogen) atoms. The highest BCUT2D eigenvalue weighted by Crippen LogP contribution is 2.28. The van der Waals surface area contributed by atoms with Gasteiger partial charge in [0.25, 0.3) is 0 Å². The Morgan fingerprint density at radius 3 is 2.24 bits per heavy atom. The molecule has 0 amide bonds. The second-order valence-electron chi connectivity index (χ2n) is 7.08. The van der Waals surface area contributed by atoms with Gasteiger partial charge in [-0.3, -0.25) is 0 Å². The fourth-order valence-electron chi connectivity index (χ4n) is 2.16. The van der Waals surface area contributed by atoms with E-state index in [1.807, 2.05) is 0 Å². The van der Waals surface area contributed by atoms with Gasteiger partial charge in [0.1, 0.15) is 11.9 Å². The zero-order valence-electron chi connectivity index (χ0n) is 14.7. The Morgan fingerprint density at radius 1 is 1.10 bits per heavy atom. The molecule has 0 aliphatic heterocycles. The van der Waals surface area contributed by atoms with Crippen molar-refractivity contribution >= 4 is 0 Å². The van der Waals surface area contributed by atoms with Gasteiger partial charge in [-0.15, -0.1) is 0 Å². The van der Waals surface area contributed by atoms with Crippen LogP contribution in [0.5, 0.6) is 5.75 Å². The van der Waals surface area contributed by atoms with Gasteiger partial charge < -0.3 is 10.1 Å². The van der Waals surface area contributed by atoms with Gasteiger partial charge in [-0.2, -0.15) is 0 Å². The smallest absolute Gasteiger partial charge is 0.119 e. The molecule has 0 aliphatic rings. The van der Waals surface area contributed by atoms with Gasteiger partial charge in [-0.05, 0) is 55.3 Å². The molecule has 1 N–H and O–H groups in total. The third-order valence-corrected chi connectivity index (χ3v) is 4.19. The van der Waals surface area contributed by atoms with Gasteiger partial charge in [-0.1, -0.05) is 46.8 Å². The Morgan fingerprint density at radius 2 is 1.71 bits per heavy atom. The van der Waals surface area contributed by atoms with E-state index in [1.54, 1.807) is 0 Å². The predicted octanol–water partition coefficient (Wildman–Crippen LogP) is 4.78. The first-order valence-electron chi connectivity index (χ1n) is 8.33. The van der Waals surface area contributed by atoms with Crippen molar-refractivity contribution in [1.29, 1.82) is 0 Å². The predicted molar refractivity (Wildman–Crippen MR) is 92.2 cm³/mol. The fourth-order valence-corrected chi connectivity index (χ4v) is 2.16. The van der Waals surface area contributed by atoms with Crippen LogP contribution in [0.25, 0.3) is 0 Å². The monoisotopic (exact) mass is 291 g/mol. The highest BCUT2D eigenvalue weighted by Gasteiger charge is 2.17. The van der Waals surface area contributed by atoms with Crippen molar-refractivity contribution in [3.63, 3.8) is 0 Å². The molecule has 0 fully saturated rings. The van der Waals surface area contributed by atoms with Crippen molar-refractivity contribution in [3.8, 4) is 5.75 Å². The SMILES string of the molecule is CCC(C)(C)c1ccc(OC(C)CNCCC(C)C)cc1. The Labute approximate surface area is 131 Å². The average molecular weight is 291 g/mol. The Kier molecular flexibility index (Phi) is 7.24. The van der Waals surface area contributed by atoms with Crippen LogP contribution in [0.3, 0.4) is 0 Å². The van der Waals surface area contributed by atoms with E-state index in [-0.39, 0.29) is 11.5 Å². The highest BCUT2D eigenvalue weighted by molar-refractivity contribution is 5.31. The maximum atomic E-state index is 5.96. The van der Waals surface area contributed by atoms with Crippen LogP contribution in [0.2, 0.25) is 0 Å². The van der Waals surface area contributed by atoms with E-state index in [9.17, 15) is 0 Å². The van der Waals surface area contributed by atoms with Crippen molar-refractivity contribution in [1.82, 2.24) is 5.32 Å². The Balaban J connectivity index is 2.41. The van der Waals surface area contributed by atoms with Crippen LogP contribution in [-0.2, 0) is 5.41 Å². The molecule has 1 aromatic rings. The molecule has 1 atom stereocenters. The van der Waals surface area contributed by atoms with E-state index >= 15 is 0 Å². The molecular weight excluding hydrogens is 258 g/mol. The second kappa shape index (κ2) is 8.43. The summed E-state index contributed by atoms with van der Waals surface area (Å²) in [4.78, 5) is 0. The van der Waals surface area contributed by atoms with Crippen molar-refractivity contribution < 1.29 is 4.74 Å². The lowest BCUT2D eigenvalue weighted by Crippen LogP contribution is -2.30. The van der Waals surface area contributed by atoms with E-state index < -0.39 is 0 Å². The van der Waals surface area contributed by atoms with Crippen molar-refractivity contribution in [3.05, 3.63) is 29.8 Å². The molecule has 0 spiro atoms. The molecule has 1 unspecified atom stereocenters. The molecular formula is C19H33NO. The summed E-state index contributed by atoms with van der Waals surface area (Å²) >= 11 is 0. The van der Waals surface area contributed by atoms with Crippen LogP contribution >= 0.6 is 0 Å². The van der Waals surface area contributed by atoms with Crippen LogP contribution in [0, 0.1) is 5.92 Å². The van der Waals surface area contributed by atoms with Crippen LogP contribution in [-0.4, -0.2) is 19.2 Å². The van der Waals surface area contributed by atoms with E-state index in [2.05, 4.69) is 71.1 Å². The van der Waals surface area contributed by atoms with Crippen molar-refractivity contribution in [2.45, 2.75) is 65.9 Å². The number of hydrogen-bond donors (Lipinski definition) is 1. The normalized spacial score (nSPS) is 13.5. The van der Waals surface area contributed by atoms with E-state index in [4.69, 9.17) is 4.74 Å². The molecule has 0 aliphatic carbocycles. The summed E-state index contributed by atoms with van der Waals surface area (Å²) in [7, 11) is 0. The quantitative estimate of drug-likeness (QED) is 0.661.